The average molecular weight is 436 g/mol. The summed E-state index contributed by atoms with van der Waals surface area (Å²) in [5, 5.41) is 4.13. The van der Waals surface area contributed by atoms with E-state index in [1.807, 2.05) is 24.3 Å². The van der Waals surface area contributed by atoms with E-state index in [-0.39, 0.29) is 12.0 Å². The van der Waals surface area contributed by atoms with Gasteiger partial charge in [-0.15, -0.1) is 0 Å². The van der Waals surface area contributed by atoms with Crippen molar-refractivity contribution in [3.63, 3.8) is 0 Å². The van der Waals surface area contributed by atoms with Gasteiger partial charge in [-0.1, -0.05) is 48.5 Å². The Morgan fingerprint density at radius 1 is 1.00 bits per heavy atom. The van der Waals surface area contributed by atoms with Crippen molar-refractivity contribution >= 4 is 17.9 Å². The topological polar surface area (TPSA) is 80.2 Å². The molecule has 0 aromatic heterocycles. The van der Waals surface area contributed by atoms with Crippen LogP contribution in [0.1, 0.15) is 50.7 Å². The molecular weight excluding hydrogens is 406 g/mol. The van der Waals surface area contributed by atoms with E-state index in [0.717, 1.165) is 5.71 Å². The van der Waals surface area contributed by atoms with E-state index in [1.165, 1.54) is 22.3 Å². The summed E-state index contributed by atoms with van der Waals surface area (Å²) in [6, 6.07) is 16.6. The lowest BCUT2D eigenvalue weighted by Crippen LogP contribution is -2.40. The Morgan fingerprint density at radius 2 is 1.56 bits per heavy atom. The van der Waals surface area contributed by atoms with Crippen molar-refractivity contribution in [2.45, 2.75) is 45.1 Å². The summed E-state index contributed by atoms with van der Waals surface area (Å²) in [7, 11) is 0. The lowest BCUT2D eigenvalue weighted by atomic mass is 9.98. The van der Waals surface area contributed by atoms with Crippen LogP contribution in [0.15, 0.2) is 53.6 Å². The molecule has 2 aromatic rings. The molecular formula is C25H29N3O4. The highest BCUT2D eigenvalue weighted by Crippen LogP contribution is 2.44. The molecule has 32 heavy (non-hydrogen) atoms. The molecule has 0 bridgehead atoms. The molecule has 2 amide bonds. The summed E-state index contributed by atoms with van der Waals surface area (Å²) >= 11 is 0. The Balaban J connectivity index is 1.30. The number of hydrogen-bond acceptors (Lipinski definition) is 5. The van der Waals surface area contributed by atoms with E-state index in [2.05, 4.69) is 34.8 Å². The van der Waals surface area contributed by atoms with Crippen LogP contribution in [-0.2, 0) is 9.47 Å². The summed E-state index contributed by atoms with van der Waals surface area (Å²) < 4.78 is 10.9. The molecule has 0 saturated carbocycles. The van der Waals surface area contributed by atoms with Gasteiger partial charge in [0.25, 0.3) is 0 Å². The second-order valence-corrected chi connectivity index (χ2v) is 9.08. The second-order valence-electron chi connectivity index (χ2n) is 9.08. The van der Waals surface area contributed by atoms with E-state index >= 15 is 0 Å². The van der Waals surface area contributed by atoms with Gasteiger partial charge in [0, 0.05) is 37.6 Å². The zero-order valence-electron chi connectivity index (χ0n) is 18.8. The normalized spacial score (nSPS) is 15.6. The Labute approximate surface area is 188 Å². The largest absolute Gasteiger partial charge is 0.448 e. The van der Waals surface area contributed by atoms with E-state index in [4.69, 9.17) is 9.47 Å². The maximum atomic E-state index is 12.7. The summed E-state index contributed by atoms with van der Waals surface area (Å²) in [5.41, 5.74) is 7.50. The number of nitrogens with zero attached hydrogens (tertiary/aromatic N) is 2. The van der Waals surface area contributed by atoms with Crippen LogP contribution in [0.3, 0.4) is 0 Å². The van der Waals surface area contributed by atoms with Crippen molar-refractivity contribution in [1.82, 2.24) is 10.3 Å². The first-order chi connectivity index (χ1) is 15.3. The number of piperidine rings is 1. The van der Waals surface area contributed by atoms with E-state index in [0.29, 0.717) is 32.5 Å². The van der Waals surface area contributed by atoms with Crippen LogP contribution in [0, 0.1) is 0 Å². The van der Waals surface area contributed by atoms with Crippen LogP contribution in [0.25, 0.3) is 11.1 Å². The molecule has 1 fully saturated rings. The molecule has 2 aromatic carbocycles. The number of fused-ring (bicyclic) bond motifs is 3. The van der Waals surface area contributed by atoms with Crippen LogP contribution in [0.4, 0.5) is 9.59 Å². The average Bonchev–Trinajstić information content (AvgIpc) is 3.09. The number of benzene rings is 2. The summed E-state index contributed by atoms with van der Waals surface area (Å²) in [5.74, 6) is 0.0475. The van der Waals surface area contributed by atoms with E-state index < -0.39 is 11.7 Å². The fourth-order valence-corrected chi connectivity index (χ4v) is 4.17. The van der Waals surface area contributed by atoms with Gasteiger partial charge in [-0.05, 0) is 43.0 Å². The monoisotopic (exact) mass is 435 g/mol. The molecule has 1 aliphatic carbocycles. The summed E-state index contributed by atoms with van der Waals surface area (Å²) in [6.07, 6.45) is 0.273. The number of likely N-dealkylation sites (tertiary alicyclic amines) is 1. The highest BCUT2D eigenvalue weighted by molar-refractivity contribution is 5.87. The number of nitrogens with one attached hydrogen (secondary N) is 1. The minimum absolute atomic E-state index is 0.0475. The zero-order chi connectivity index (χ0) is 22.7. The Bertz CT molecular complexity index is 986. The molecule has 0 atom stereocenters. The van der Waals surface area contributed by atoms with Crippen LogP contribution in [0.5, 0.6) is 0 Å². The van der Waals surface area contributed by atoms with E-state index in [9.17, 15) is 9.59 Å². The minimum Gasteiger partial charge on any atom is -0.448 e. The molecule has 7 nitrogen and oxygen atoms in total. The molecule has 1 aliphatic heterocycles. The van der Waals surface area contributed by atoms with Crippen molar-refractivity contribution in [3.8, 4) is 11.1 Å². The second kappa shape index (κ2) is 9.02. The zero-order valence-corrected chi connectivity index (χ0v) is 18.8. The van der Waals surface area contributed by atoms with E-state index in [1.54, 1.807) is 25.7 Å². The standard InChI is InChI=1S/C25H29N3O4/c1-25(2,3)32-23(29)27-26-17-12-14-28(15-13-17)24(30)31-16-22-20-10-6-4-8-18(20)19-9-5-7-11-21(19)22/h4-11,22H,12-16H2,1-3H3,(H,27,29). The molecule has 0 unspecified atom stereocenters. The molecule has 1 heterocycles. The molecule has 4 rings (SSSR count). The number of rotatable bonds is 3. The van der Waals surface area contributed by atoms with Crippen molar-refractivity contribution in [1.29, 1.82) is 0 Å². The lowest BCUT2D eigenvalue weighted by Gasteiger charge is -2.27. The minimum atomic E-state index is -0.580. The van der Waals surface area contributed by atoms with Crippen LogP contribution < -0.4 is 5.43 Å². The fourth-order valence-electron chi connectivity index (χ4n) is 4.17. The highest BCUT2D eigenvalue weighted by atomic mass is 16.6. The molecule has 1 N–H and O–H groups in total. The Hall–Kier alpha value is -3.35. The molecule has 7 heteroatoms. The maximum absolute atomic E-state index is 12.7. The SMILES string of the molecule is CC(C)(C)OC(=O)NN=C1CCN(C(=O)OCC2c3ccccc3-c3ccccc32)CC1. The Morgan fingerprint density at radius 3 is 2.12 bits per heavy atom. The van der Waals surface area contributed by atoms with Crippen molar-refractivity contribution < 1.29 is 19.1 Å². The number of ether oxygens (including phenoxy) is 2. The molecule has 0 spiro atoms. The van der Waals surface area contributed by atoms with Crippen molar-refractivity contribution in [2.75, 3.05) is 19.7 Å². The summed E-state index contributed by atoms with van der Waals surface area (Å²) in [4.78, 5) is 26.1. The third kappa shape index (κ3) is 4.93. The third-order valence-electron chi connectivity index (χ3n) is 5.64. The van der Waals surface area contributed by atoms with Gasteiger partial charge in [-0.2, -0.15) is 5.10 Å². The summed E-state index contributed by atoms with van der Waals surface area (Å²) in [6.45, 7) is 6.72. The van der Waals surface area contributed by atoms with Gasteiger partial charge in [0.2, 0.25) is 0 Å². The third-order valence-corrected chi connectivity index (χ3v) is 5.64. The van der Waals surface area contributed by atoms with Crippen molar-refractivity contribution in [3.05, 3.63) is 59.7 Å². The number of amides is 2. The number of hydrazone groups is 1. The van der Waals surface area contributed by atoms with Gasteiger partial charge in [0.05, 0.1) is 0 Å². The van der Waals surface area contributed by atoms with Gasteiger partial charge in [0.15, 0.2) is 0 Å². The van der Waals surface area contributed by atoms with Gasteiger partial charge < -0.3 is 14.4 Å². The van der Waals surface area contributed by atoms with Crippen LogP contribution in [-0.4, -0.2) is 48.1 Å². The van der Waals surface area contributed by atoms with Gasteiger partial charge in [0.1, 0.15) is 12.2 Å². The first-order valence-corrected chi connectivity index (χ1v) is 11.0. The molecule has 2 aliphatic rings. The van der Waals surface area contributed by atoms with Gasteiger partial charge in [-0.25, -0.2) is 15.0 Å². The van der Waals surface area contributed by atoms with Crippen molar-refractivity contribution in [2.24, 2.45) is 5.10 Å². The maximum Gasteiger partial charge on any atom is 0.428 e. The van der Waals surface area contributed by atoms with Crippen LogP contribution in [0.2, 0.25) is 0 Å². The highest BCUT2D eigenvalue weighted by Gasteiger charge is 2.30. The quantitative estimate of drug-likeness (QED) is 0.695. The first kappa shape index (κ1) is 21.9. The molecule has 0 radical (unpaired) electrons. The van der Waals surface area contributed by atoms with Gasteiger partial charge in [-0.3, -0.25) is 0 Å². The number of carbonyl (C=O) groups excluding carboxylic acids is 2. The Kier molecular flexibility index (Phi) is 6.17. The number of hydrogen-bond donors (Lipinski definition) is 1. The molecule has 168 valence electrons. The number of carbonyl (C=O) groups is 2. The fraction of sp³-hybridized carbons (Fsp3) is 0.400. The predicted octanol–water partition coefficient (Wildman–Crippen LogP) is 4.91. The van der Waals surface area contributed by atoms with Crippen LogP contribution >= 0.6 is 0 Å². The first-order valence-electron chi connectivity index (χ1n) is 11.0. The van der Waals surface area contributed by atoms with Gasteiger partial charge >= 0.3 is 12.2 Å². The lowest BCUT2D eigenvalue weighted by molar-refractivity contribution is 0.0528. The predicted molar refractivity (Wildman–Crippen MR) is 123 cm³/mol. The molecule has 1 saturated heterocycles. The smallest absolute Gasteiger partial charge is 0.428 e.